The van der Waals surface area contributed by atoms with E-state index in [9.17, 15) is 11.0 Å². The molecule has 0 saturated carbocycles. The monoisotopic (exact) mass is 591 g/mol. The van der Waals surface area contributed by atoms with E-state index in [1.807, 2.05) is 36.4 Å². The van der Waals surface area contributed by atoms with Crippen molar-refractivity contribution in [3.63, 3.8) is 0 Å². The highest BCUT2D eigenvalue weighted by molar-refractivity contribution is 7.25. The Morgan fingerprint density at radius 3 is 1.32 bits per heavy atom. The second-order valence-corrected chi connectivity index (χ2v) is 11.1. The summed E-state index contributed by atoms with van der Waals surface area (Å²) < 4.78 is 113. The van der Waals surface area contributed by atoms with Crippen LogP contribution in [0.4, 0.5) is 17.1 Å². The van der Waals surface area contributed by atoms with Crippen LogP contribution in [0.1, 0.15) is 16.4 Å². The second-order valence-electron chi connectivity index (χ2n) is 10.0. The molecule has 7 aromatic carbocycles. The molecule has 208 valence electrons. The zero-order chi connectivity index (χ0) is 39.7. The van der Waals surface area contributed by atoms with E-state index >= 15 is 0 Å². The van der Waals surface area contributed by atoms with Gasteiger partial charge < -0.3 is 4.90 Å². The molecule has 8 aromatic rings. The maximum absolute atomic E-state index is 9.40. The van der Waals surface area contributed by atoms with Crippen molar-refractivity contribution in [1.29, 1.82) is 0 Å². The van der Waals surface area contributed by atoms with Gasteiger partial charge in [0.2, 0.25) is 0 Å². The number of nitrogens with zero attached hydrogens (tertiary/aromatic N) is 1. The van der Waals surface area contributed by atoms with Gasteiger partial charge in [0.15, 0.2) is 0 Å². The third-order valence-electron chi connectivity index (χ3n) is 7.30. The van der Waals surface area contributed by atoms with Crippen LogP contribution in [0.15, 0.2) is 176 Å². The standard InChI is InChI=1S/C42H29NS/c1-3-9-30(10-4-1)32-15-22-36(23-16-32)43(37-24-17-33(18-25-37)31-11-5-2-6-12-31)38-26-19-34(20-27-38)35-21-28-42-40(29-35)39-13-7-8-14-41(39)44-42/h1-29H/i15D,16D,17D,18D,19D,20D,22D,23D,24D,25D,26D,27D. The second kappa shape index (κ2) is 11.3. The van der Waals surface area contributed by atoms with E-state index < -0.39 is 89.6 Å². The summed E-state index contributed by atoms with van der Waals surface area (Å²) in [4.78, 5) is 0.838. The highest BCUT2D eigenvalue weighted by Gasteiger charge is 2.14. The number of benzene rings is 7. The summed E-state index contributed by atoms with van der Waals surface area (Å²) >= 11 is 1.58. The highest BCUT2D eigenvalue weighted by Crippen LogP contribution is 2.39. The molecule has 0 spiro atoms. The van der Waals surface area contributed by atoms with Crippen molar-refractivity contribution in [2.24, 2.45) is 0 Å². The number of thiophene rings is 1. The molecule has 2 heteroatoms. The minimum Gasteiger partial charge on any atom is -0.311 e. The summed E-state index contributed by atoms with van der Waals surface area (Å²) in [5.41, 5.74) is -0.592. The summed E-state index contributed by atoms with van der Waals surface area (Å²) in [5, 5.41) is 1.84. The van der Waals surface area contributed by atoms with E-state index in [1.54, 1.807) is 78.1 Å². The molecule has 0 radical (unpaired) electrons. The first kappa shape index (κ1) is 16.4. The van der Waals surface area contributed by atoms with Gasteiger partial charge in [0.25, 0.3) is 0 Å². The van der Waals surface area contributed by atoms with Gasteiger partial charge in [-0.3, -0.25) is 0 Å². The van der Waals surface area contributed by atoms with Gasteiger partial charge in [-0.1, -0.05) is 121 Å². The summed E-state index contributed by atoms with van der Waals surface area (Å²) in [6, 6.07) is 23.1. The van der Waals surface area contributed by atoms with Crippen LogP contribution in [0.5, 0.6) is 0 Å². The average molecular weight is 592 g/mol. The first-order valence-corrected chi connectivity index (χ1v) is 14.8. The van der Waals surface area contributed by atoms with E-state index in [0.29, 0.717) is 16.7 Å². The van der Waals surface area contributed by atoms with Crippen molar-refractivity contribution in [2.75, 3.05) is 4.90 Å². The topological polar surface area (TPSA) is 3.24 Å². The molecular weight excluding hydrogens is 551 g/mol. The van der Waals surface area contributed by atoms with Crippen molar-refractivity contribution in [2.45, 2.75) is 0 Å². The van der Waals surface area contributed by atoms with Crippen LogP contribution < -0.4 is 4.90 Å². The maximum atomic E-state index is 9.40. The lowest BCUT2D eigenvalue weighted by Crippen LogP contribution is -2.09. The molecule has 0 aliphatic rings. The fourth-order valence-electron chi connectivity index (χ4n) is 5.11. The van der Waals surface area contributed by atoms with Gasteiger partial charge in [-0.25, -0.2) is 0 Å². The third kappa shape index (κ3) is 4.96. The SMILES string of the molecule is [2H]c1c([2H])c(N(c2c([2H])c([2H])c(-c3ccccc3)c([2H])c2[2H])c2c([2H])c([2H])c(-c3ccc4sc5ccccc5c4c3)c([2H])c2[2H])c([2H])c([2H])c1-c1ccccc1. The van der Waals surface area contributed by atoms with Crippen molar-refractivity contribution in [3.8, 4) is 33.4 Å². The van der Waals surface area contributed by atoms with Crippen LogP contribution in [-0.2, 0) is 0 Å². The summed E-state index contributed by atoms with van der Waals surface area (Å²) in [6.45, 7) is 0. The number of hydrogen-bond acceptors (Lipinski definition) is 2. The van der Waals surface area contributed by atoms with E-state index in [-0.39, 0.29) is 16.7 Å². The molecule has 44 heavy (non-hydrogen) atoms. The molecule has 1 aromatic heterocycles. The predicted molar refractivity (Wildman–Crippen MR) is 190 cm³/mol. The normalized spacial score (nSPS) is 15.0. The quantitative estimate of drug-likeness (QED) is 0.186. The zero-order valence-corrected chi connectivity index (χ0v) is 24.0. The van der Waals surface area contributed by atoms with Gasteiger partial charge in [-0.05, 0) is 87.8 Å². The van der Waals surface area contributed by atoms with Crippen LogP contribution in [0.3, 0.4) is 0 Å². The number of hydrogen-bond donors (Lipinski definition) is 0. The van der Waals surface area contributed by atoms with Gasteiger partial charge in [0.1, 0.15) is 0 Å². The first-order valence-electron chi connectivity index (χ1n) is 20.0. The Morgan fingerprint density at radius 2 is 0.795 bits per heavy atom. The van der Waals surface area contributed by atoms with Crippen LogP contribution in [0, 0.1) is 0 Å². The van der Waals surface area contributed by atoms with Gasteiger partial charge in [0, 0.05) is 37.2 Å². The Morgan fingerprint density at radius 1 is 0.364 bits per heavy atom. The molecule has 0 unspecified atom stereocenters. The van der Waals surface area contributed by atoms with Gasteiger partial charge in [-0.2, -0.15) is 0 Å². The third-order valence-corrected chi connectivity index (χ3v) is 8.45. The molecule has 0 bridgehead atoms. The Hall–Kier alpha value is -5.44. The lowest BCUT2D eigenvalue weighted by Gasteiger charge is -2.26. The minimum atomic E-state index is -0.649. The Labute approximate surface area is 278 Å². The Kier molecular flexibility index (Phi) is 4.23. The Bertz CT molecular complexity index is 2700. The summed E-state index contributed by atoms with van der Waals surface area (Å²) in [7, 11) is 0. The van der Waals surface area contributed by atoms with Crippen molar-refractivity contribution in [1.82, 2.24) is 0 Å². The predicted octanol–water partition coefficient (Wildman–Crippen LogP) is 12.5. The molecule has 0 amide bonds. The average Bonchev–Trinajstić information content (AvgIpc) is 3.58. The molecule has 0 aliphatic carbocycles. The summed E-state index contributed by atoms with van der Waals surface area (Å²) in [6.07, 6.45) is 0. The van der Waals surface area contributed by atoms with Crippen LogP contribution in [0.2, 0.25) is 0 Å². The smallest absolute Gasteiger partial charge is 0.0645 e. The molecule has 1 heterocycles. The fourth-order valence-corrected chi connectivity index (χ4v) is 6.20. The van der Waals surface area contributed by atoms with Crippen molar-refractivity contribution < 1.29 is 16.4 Å². The molecule has 0 N–H and O–H groups in total. The summed E-state index contributed by atoms with van der Waals surface area (Å²) in [5.74, 6) is 0. The molecule has 0 aliphatic heterocycles. The number of anilines is 3. The molecule has 0 fully saturated rings. The van der Waals surface area contributed by atoms with E-state index in [0.717, 1.165) is 25.1 Å². The lowest BCUT2D eigenvalue weighted by molar-refractivity contribution is 1.28. The van der Waals surface area contributed by atoms with Gasteiger partial charge in [-0.15, -0.1) is 11.3 Å². The van der Waals surface area contributed by atoms with Crippen LogP contribution >= 0.6 is 11.3 Å². The molecule has 1 nitrogen and oxygen atoms in total. The van der Waals surface area contributed by atoms with Gasteiger partial charge >= 0.3 is 0 Å². The van der Waals surface area contributed by atoms with E-state index in [2.05, 4.69) is 0 Å². The molecule has 0 saturated heterocycles. The molecular formula is C42H29NS. The largest absolute Gasteiger partial charge is 0.311 e. The molecule has 8 rings (SSSR count). The van der Waals surface area contributed by atoms with E-state index in [1.165, 1.54) is 0 Å². The van der Waals surface area contributed by atoms with Crippen LogP contribution in [0.25, 0.3) is 53.6 Å². The lowest BCUT2D eigenvalue weighted by atomic mass is 10.0. The van der Waals surface area contributed by atoms with Gasteiger partial charge in [0.05, 0.1) is 16.4 Å². The van der Waals surface area contributed by atoms with Crippen LogP contribution in [-0.4, -0.2) is 0 Å². The van der Waals surface area contributed by atoms with Crippen molar-refractivity contribution >= 4 is 48.6 Å². The van der Waals surface area contributed by atoms with Crippen molar-refractivity contribution in [3.05, 3.63) is 176 Å². The Balaban J connectivity index is 1.45. The number of fused-ring (bicyclic) bond motifs is 3. The fraction of sp³-hybridized carbons (Fsp3) is 0. The van der Waals surface area contributed by atoms with E-state index in [4.69, 9.17) is 5.48 Å². The first-order chi connectivity index (χ1) is 26.8. The maximum Gasteiger partial charge on any atom is 0.0645 e. The minimum absolute atomic E-state index is 0.0288. The highest BCUT2D eigenvalue weighted by atomic mass is 32.1. The number of rotatable bonds is 6. The zero-order valence-electron chi connectivity index (χ0n) is 35.2. The molecule has 0 atom stereocenters.